The van der Waals surface area contributed by atoms with Crippen molar-refractivity contribution in [3.05, 3.63) is 34.6 Å². The molecule has 0 spiro atoms. The quantitative estimate of drug-likeness (QED) is 0.844. The van der Waals surface area contributed by atoms with Gasteiger partial charge in [0.2, 0.25) is 0 Å². The summed E-state index contributed by atoms with van der Waals surface area (Å²) in [6.45, 7) is 2.16. The van der Waals surface area contributed by atoms with Gasteiger partial charge in [-0.3, -0.25) is 0 Å². The van der Waals surface area contributed by atoms with Crippen LogP contribution in [-0.4, -0.2) is 6.04 Å². The molecule has 82 valence electrons. The summed E-state index contributed by atoms with van der Waals surface area (Å²) < 4.78 is 13.5. The minimum absolute atomic E-state index is 0.0492. The zero-order valence-corrected chi connectivity index (χ0v) is 9.52. The van der Waals surface area contributed by atoms with E-state index in [0.29, 0.717) is 17.0 Å². The smallest absolute Gasteiger partial charge is 0.127 e. The van der Waals surface area contributed by atoms with Gasteiger partial charge in [0, 0.05) is 11.1 Å². The van der Waals surface area contributed by atoms with Gasteiger partial charge in [-0.2, -0.15) is 0 Å². The first-order chi connectivity index (χ1) is 7.01. The molecule has 1 saturated carbocycles. The minimum Gasteiger partial charge on any atom is -0.327 e. The fourth-order valence-electron chi connectivity index (χ4n) is 1.74. The van der Waals surface area contributed by atoms with Crippen molar-refractivity contribution in [1.29, 1.82) is 0 Å². The van der Waals surface area contributed by atoms with Crippen molar-refractivity contribution in [2.24, 2.45) is 11.1 Å². The van der Waals surface area contributed by atoms with Gasteiger partial charge in [0.15, 0.2) is 0 Å². The number of benzene rings is 1. The molecule has 1 aromatic rings. The van der Waals surface area contributed by atoms with Crippen LogP contribution in [0.1, 0.15) is 25.3 Å². The largest absolute Gasteiger partial charge is 0.327 e. The number of nitrogens with two attached hydrogens (primary N) is 1. The Hall–Kier alpha value is -0.600. The predicted octanol–water partition coefficient (Wildman–Crippen LogP) is 3.15. The van der Waals surface area contributed by atoms with Crippen LogP contribution in [0.4, 0.5) is 4.39 Å². The molecule has 1 atom stereocenters. The third kappa shape index (κ3) is 2.32. The van der Waals surface area contributed by atoms with Crippen molar-refractivity contribution < 1.29 is 4.39 Å². The number of halogens is 2. The van der Waals surface area contributed by atoms with Crippen LogP contribution in [0.25, 0.3) is 0 Å². The van der Waals surface area contributed by atoms with Crippen LogP contribution in [0.5, 0.6) is 0 Å². The third-order valence-corrected chi connectivity index (χ3v) is 3.62. The average Bonchev–Trinajstić information content (AvgIpc) is 2.90. The molecule has 0 heterocycles. The molecule has 1 aliphatic rings. The maximum atomic E-state index is 13.5. The molecule has 1 nitrogen and oxygen atoms in total. The van der Waals surface area contributed by atoms with E-state index in [4.69, 9.17) is 17.3 Å². The Labute approximate surface area is 94.4 Å². The van der Waals surface area contributed by atoms with Gasteiger partial charge in [-0.05, 0) is 42.4 Å². The van der Waals surface area contributed by atoms with Gasteiger partial charge in [-0.1, -0.05) is 24.6 Å². The molecule has 0 bridgehead atoms. The molecule has 0 saturated heterocycles. The van der Waals surface area contributed by atoms with Crippen LogP contribution in [-0.2, 0) is 6.42 Å². The van der Waals surface area contributed by atoms with Gasteiger partial charge in [0.1, 0.15) is 5.82 Å². The minimum atomic E-state index is -0.248. The van der Waals surface area contributed by atoms with E-state index in [9.17, 15) is 4.39 Å². The summed E-state index contributed by atoms with van der Waals surface area (Å²) in [5.41, 5.74) is 6.95. The summed E-state index contributed by atoms with van der Waals surface area (Å²) in [7, 11) is 0. The second-order valence-corrected chi connectivity index (χ2v) is 5.14. The van der Waals surface area contributed by atoms with Gasteiger partial charge in [0.05, 0.1) is 0 Å². The highest BCUT2D eigenvalue weighted by atomic mass is 35.5. The van der Waals surface area contributed by atoms with Crippen LogP contribution in [0.15, 0.2) is 18.2 Å². The highest BCUT2D eigenvalue weighted by molar-refractivity contribution is 6.30. The number of hydrogen-bond donors (Lipinski definition) is 1. The predicted molar refractivity (Wildman–Crippen MR) is 60.4 cm³/mol. The molecule has 0 aromatic heterocycles. The van der Waals surface area contributed by atoms with Crippen molar-refractivity contribution in [3.8, 4) is 0 Å². The highest BCUT2D eigenvalue weighted by Crippen LogP contribution is 2.48. The molecule has 1 aromatic carbocycles. The molecule has 2 N–H and O–H groups in total. The average molecular weight is 228 g/mol. The second kappa shape index (κ2) is 3.76. The molecular formula is C12H15ClFN. The van der Waals surface area contributed by atoms with Gasteiger partial charge in [0.25, 0.3) is 0 Å². The van der Waals surface area contributed by atoms with E-state index in [1.807, 2.05) is 0 Å². The maximum absolute atomic E-state index is 13.5. The summed E-state index contributed by atoms with van der Waals surface area (Å²) in [5, 5.41) is 0.433. The molecular weight excluding hydrogens is 213 g/mol. The van der Waals surface area contributed by atoms with E-state index < -0.39 is 0 Å². The Morgan fingerprint density at radius 3 is 2.73 bits per heavy atom. The number of hydrogen-bond acceptors (Lipinski definition) is 1. The van der Waals surface area contributed by atoms with Crippen LogP contribution in [0, 0.1) is 11.2 Å². The zero-order chi connectivity index (χ0) is 11.1. The Balaban J connectivity index is 2.10. The van der Waals surface area contributed by atoms with Crippen LogP contribution in [0.3, 0.4) is 0 Å². The lowest BCUT2D eigenvalue weighted by Gasteiger charge is -2.18. The zero-order valence-electron chi connectivity index (χ0n) is 8.76. The fraction of sp³-hybridized carbons (Fsp3) is 0.500. The van der Waals surface area contributed by atoms with Crippen LogP contribution < -0.4 is 5.73 Å². The van der Waals surface area contributed by atoms with E-state index in [-0.39, 0.29) is 17.3 Å². The van der Waals surface area contributed by atoms with E-state index in [1.54, 1.807) is 12.1 Å². The molecule has 1 fully saturated rings. The van der Waals surface area contributed by atoms with Crippen molar-refractivity contribution >= 4 is 11.6 Å². The van der Waals surface area contributed by atoms with E-state index in [1.165, 1.54) is 6.07 Å². The summed E-state index contributed by atoms with van der Waals surface area (Å²) in [5.74, 6) is -0.248. The molecule has 2 rings (SSSR count). The van der Waals surface area contributed by atoms with Crippen LogP contribution in [0.2, 0.25) is 5.02 Å². The monoisotopic (exact) mass is 227 g/mol. The fourth-order valence-corrected chi connectivity index (χ4v) is 1.90. The number of rotatable bonds is 3. The standard InChI is InChI=1S/C12H15ClFN/c1-12(4-5-12)11(15)6-8-2-3-9(13)7-10(8)14/h2-3,7,11H,4-6,15H2,1H3. The first kappa shape index (κ1) is 10.9. The van der Waals surface area contributed by atoms with Gasteiger partial charge in [-0.25, -0.2) is 4.39 Å². The Kier molecular flexibility index (Phi) is 2.73. The Morgan fingerprint density at radius 2 is 2.20 bits per heavy atom. The normalized spacial score (nSPS) is 20.0. The SMILES string of the molecule is CC1(C(N)Cc2ccc(Cl)cc2F)CC1. The van der Waals surface area contributed by atoms with Crippen molar-refractivity contribution in [3.63, 3.8) is 0 Å². The van der Waals surface area contributed by atoms with E-state index in [2.05, 4.69) is 6.92 Å². The van der Waals surface area contributed by atoms with E-state index >= 15 is 0 Å². The summed E-state index contributed by atoms with van der Waals surface area (Å²) in [4.78, 5) is 0. The summed E-state index contributed by atoms with van der Waals surface area (Å²) >= 11 is 5.68. The second-order valence-electron chi connectivity index (χ2n) is 4.70. The topological polar surface area (TPSA) is 26.0 Å². The molecule has 1 aliphatic carbocycles. The third-order valence-electron chi connectivity index (χ3n) is 3.39. The van der Waals surface area contributed by atoms with Crippen molar-refractivity contribution in [2.45, 2.75) is 32.2 Å². The molecule has 1 unspecified atom stereocenters. The highest BCUT2D eigenvalue weighted by Gasteiger charge is 2.42. The van der Waals surface area contributed by atoms with Gasteiger partial charge < -0.3 is 5.73 Å². The molecule has 15 heavy (non-hydrogen) atoms. The lowest BCUT2D eigenvalue weighted by atomic mass is 9.93. The summed E-state index contributed by atoms with van der Waals surface area (Å²) in [6, 6.07) is 4.83. The van der Waals surface area contributed by atoms with E-state index in [0.717, 1.165) is 12.8 Å². The molecule has 0 radical (unpaired) electrons. The molecule has 0 amide bonds. The molecule has 0 aliphatic heterocycles. The van der Waals surface area contributed by atoms with Crippen LogP contribution >= 0.6 is 11.6 Å². The Morgan fingerprint density at radius 1 is 1.53 bits per heavy atom. The first-order valence-electron chi connectivity index (χ1n) is 5.21. The maximum Gasteiger partial charge on any atom is 0.127 e. The lowest BCUT2D eigenvalue weighted by molar-refractivity contribution is 0.427. The van der Waals surface area contributed by atoms with Crippen molar-refractivity contribution in [1.82, 2.24) is 0 Å². The Bertz CT molecular complexity index is 374. The summed E-state index contributed by atoms with van der Waals surface area (Å²) in [6.07, 6.45) is 2.91. The van der Waals surface area contributed by atoms with Gasteiger partial charge in [-0.15, -0.1) is 0 Å². The first-order valence-corrected chi connectivity index (χ1v) is 5.58. The van der Waals surface area contributed by atoms with Crippen molar-refractivity contribution in [2.75, 3.05) is 0 Å². The lowest BCUT2D eigenvalue weighted by Crippen LogP contribution is -2.32. The van der Waals surface area contributed by atoms with Gasteiger partial charge >= 0.3 is 0 Å². The molecule has 3 heteroatoms.